The van der Waals surface area contributed by atoms with Crippen molar-refractivity contribution in [2.75, 3.05) is 27.2 Å². The lowest BCUT2D eigenvalue weighted by Crippen LogP contribution is -2.16. The molecule has 6 nitrogen and oxygen atoms in total. The molecule has 0 bridgehead atoms. The number of benzene rings is 1. The third-order valence-electron chi connectivity index (χ3n) is 3.61. The van der Waals surface area contributed by atoms with E-state index in [0.29, 0.717) is 23.8 Å². The van der Waals surface area contributed by atoms with E-state index in [2.05, 4.69) is 9.88 Å². The largest absolute Gasteiger partial charge is 0.491 e. The van der Waals surface area contributed by atoms with Gasteiger partial charge in [-0.05, 0) is 54.3 Å². The van der Waals surface area contributed by atoms with Gasteiger partial charge in [-0.15, -0.1) is 0 Å². The lowest BCUT2D eigenvalue weighted by atomic mass is 10.2. The first kappa shape index (κ1) is 20.1. The van der Waals surface area contributed by atoms with Gasteiger partial charge >= 0.3 is 5.97 Å². The van der Waals surface area contributed by atoms with Crippen LogP contribution in [0.25, 0.3) is 10.9 Å². The van der Waals surface area contributed by atoms with E-state index in [4.69, 9.17) is 14.2 Å². The van der Waals surface area contributed by atoms with Crippen LogP contribution in [0.1, 0.15) is 44.6 Å². The summed E-state index contributed by atoms with van der Waals surface area (Å²) in [5.74, 6) is 1.04. The predicted octanol–water partition coefficient (Wildman–Crippen LogP) is 3.85. The summed E-state index contributed by atoms with van der Waals surface area (Å²) in [4.78, 5) is 17.5. The maximum atomic E-state index is 12.3. The first-order valence-corrected chi connectivity index (χ1v) is 9.08. The van der Waals surface area contributed by atoms with Crippen LogP contribution in [0.3, 0.4) is 0 Å². The number of nitrogens with zero attached hydrogens (tertiary/aromatic N) is 1. The fourth-order valence-corrected chi connectivity index (χ4v) is 2.60. The number of esters is 1. The van der Waals surface area contributed by atoms with Gasteiger partial charge in [0.25, 0.3) is 0 Å². The van der Waals surface area contributed by atoms with Gasteiger partial charge in [-0.3, -0.25) is 0 Å². The predicted molar refractivity (Wildman–Crippen MR) is 103 cm³/mol. The molecule has 0 saturated heterocycles. The number of carbonyl (C=O) groups excluding carboxylic acids is 1. The average molecular weight is 362 g/mol. The number of aromatic nitrogens is 1. The standard InChI is InChI=1S/C20H30N2O4/c1-13(2)25-15-10-17-16(19(11-15)26-14(3)4)12-18(21-17)20(23)24-9-7-8-22(5)6/h10-14,21H,7-9H2,1-6H3. The fraction of sp³-hybridized carbons (Fsp3) is 0.550. The summed E-state index contributed by atoms with van der Waals surface area (Å²) in [6.45, 7) is 9.14. The highest BCUT2D eigenvalue weighted by atomic mass is 16.5. The van der Waals surface area contributed by atoms with Crippen LogP contribution in [-0.2, 0) is 4.74 Å². The summed E-state index contributed by atoms with van der Waals surface area (Å²) in [6, 6.07) is 5.52. The molecule has 6 heteroatoms. The number of fused-ring (bicyclic) bond motifs is 1. The minimum atomic E-state index is -0.359. The highest BCUT2D eigenvalue weighted by Gasteiger charge is 2.16. The lowest BCUT2D eigenvalue weighted by Gasteiger charge is -2.14. The van der Waals surface area contributed by atoms with E-state index in [0.717, 1.165) is 23.9 Å². The molecule has 2 rings (SSSR count). The second-order valence-electron chi connectivity index (χ2n) is 7.19. The summed E-state index contributed by atoms with van der Waals surface area (Å²) < 4.78 is 17.1. The Morgan fingerprint density at radius 1 is 1.08 bits per heavy atom. The Hall–Kier alpha value is -2.21. The molecule has 0 aliphatic heterocycles. The molecule has 0 radical (unpaired) electrons. The average Bonchev–Trinajstić information content (AvgIpc) is 2.94. The van der Waals surface area contributed by atoms with Crippen molar-refractivity contribution in [3.63, 3.8) is 0 Å². The Balaban J connectivity index is 2.22. The van der Waals surface area contributed by atoms with Crippen molar-refractivity contribution in [1.82, 2.24) is 9.88 Å². The van der Waals surface area contributed by atoms with Crippen LogP contribution in [0.15, 0.2) is 18.2 Å². The maximum absolute atomic E-state index is 12.3. The number of H-pyrrole nitrogens is 1. The van der Waals surface area contributed by atoms with Crippen LogP contribution < -0.4 is 9.47 Å². The smallest absolute Gasteiger partial charge is 0.354 e. The number of hydrogen-bond donors (Lipinski definition) is 1. The topological polar surface area (TPSA) is 63.8 Å². The van der Waals surface area contributed by atoms with Gasteiger partial charge < -0.3 is 24.1 Å². The van der Waals surface area contributed by atoms with Gasteiger partial charge in [-0.2, -0.15) is 0 Å². The van der Waals surface area contributed by atoms with Crippen molar-refractivity contribution in [3.8, 4) is 11.5 Å². The minimum absolute atomic E-state index is 0.0174. The van der Waals surface area contributed by atoms with Gasteiger partial charge in [0.15, 0.2) is 0 Å². The van der Waals surface area contributed by atoms with Gasteiger partial charge in [-0.1, -0.05) is 0 Å². The SMILES string of the molecule is CC(C)Oc1cc(OC(C)C)c2cc(C(=O)OCCCN(C)C)[nH]c2c1. The molecule has 0 saturated carbocycles. The summed E-state index contributed by atoms with van der Waals surface area (Å²) >= 11 is 0. The summed E-state index contributed by atoms with van der Waals surface area (Å²) in [6.07, 6.45) is 0.867. The van der Waals surface area contributed by atoms with Gasteiger partial charge in [0.1, 0.15) is 17.2 Å². The van der Waals surface area contributed by atoms with E-state index in [1.165, 1.54) is 0 Å². The van der Waals surface area contributed by atoms with Crippen LogP contribution in [-0.4, -0.2) is 55.3 Å². The van der Waals surface area contributed by atoms with Crippen LogP contribution in [0, 0.1) is 0 Å². The molecule has 0 amide bonds. The molecule has 26 heavy (non-hydrogen) atoms. The molecule has 0 aliphatic carbocycles. The van der Waals surface area contributed by atoms with Crippen molar-refractivity contribution in [2.45, 2.75) is 46.3 Å². The molecule has 1 aromatic heterocycles. The molecular formula is C20H30N2O4. The van der Waals surface area contributed by atoms with Gasteiger partial charge in [0.05, 0.1) is 24.3 Å². The molecule has 2 aromatic rings. The monoisotopic (exact) mass is 362 g/mol. The van der Waals surface area contributed by atoms with E-state index in [9.17, 15) is 4.79 Å². The first-order chi connectivity index (χ1) is 12.3. The van der Waals surface area contributed by atoms with E-state index in [1.807, 2.05) is 53.9 Å². The summed E-state index contributed by atoms with van der Waals surface area (Å²) in [5, 5.41) is 0.843. The molecule has 1 aromatic carbocycles. The zero-order valence-electron chi connectivity index (χ0n) is 16.6. The Bertz CT molecular complexity index is 735. The lowest BCUT2D eigenvalue weighted by molar-refractivity contribution is 0.0487. The van der Waals surface area contributed by atoms with Crippen molar-refractivity contribution in [2.24, 2.45) is 0 Å². The van der Waals surface area contributed by atoms with Crippen molar-refractivity contribution < 1.29 is 19.0 Å². The van der Waals surface area contributed by atoms with E-state index < -0.39 is 0 Å². The van der Waals surface area contributed by atoms with Crippen molar-refractivity contribution in [1.29, 1.82) is 0 Å². The highest BCUT2D eigenvalue weighted by Crippen LogP contribution is 2.33. The molecule has 0 fully saturated rings. The van der Waals surface area contributed by atoms with Crippen molar-refractivity contribution >= 4 is 16.9 Å². The summed E-state index contributed by atoms with van der Waals surface area (Å²) in [7, 11) is 3.99. The number of ether oxygens (including phenoxy) is 3. The third-order valence-corrected chi connectivity index (χ3v) is 3.61. The molecule has 1 heterocycles. The molecule has 0 spiro atoms. The quantitative estimate of drug-likeness (QED) is 0.542. The fourth-order valence-electron chi connectivity index (χ4n) is 2.60. The van der Waals surface area contributed by atoms with E-state index in [-0.39, 0.29) is 18.2 Å². The maximum Gasteiger partial charge on any atom is 0.354 e. The second-order valence-corrected chi connectivity index (χ2v) is 7.19. The highest BCUT2D eigenvalue weighted by molar-refractivity contribution is 5.97. The minimum Gasteiger partial charge on any atom is -0.491 e. The molecule has 0 atom stereocenters. The number of hydrogen-bond acceptors (Lipinski definition) is 5. The Labute approximate surface area is 155 Å². The van der Waals surface area contributed by atoms with E-state index >= 15 is 0 Å². The summed E-state index contributed by atoms with van der Waals surface area (Å²) in [5.41, 5.74) is 1.21. The number of nitrogens with one attached hydrogen (secondary N) is 1. The Morgan fingerprint density at radius 2 is 1.77 bits per heavy atom. The van der Waals surface area contributed by atoms with Crippen LogP contribution in [0.2, 0.25) is 0 Å². The molecular weight excluding hydrogens is 332 g/mol. The molecule has 1 N–H and O–H groups in total. The first-order valence-electron chi connectivity index (χ1n) is 9.08. The van der Waals surface area contributed by atoms with Crippen LogP contribution in [0.5, 0.6) is 11.5 Å². The number of rotatable bonds is 9. The molecule has 0 aliphatic rings. The normalized spacial score (nSPS) is 11.6. The number of carbonyl (C=O) groups is 1. The van der Waals surface area contributed by atoms with Crippen LogP contribution >= 0.6 is 0 Å². The number of aromatic amines is 1. The molecule has 0 unspecified atom stereocenters. The van der Waals surface area contributed by atoms with Crippen LogP contribution in [0.4, 0.5) is 0 Å². The zero-order chi connectivity index (χ0) is 19.3. The Kier molecular flexibility index (Phi) is 6.91. The zero-order valence-corrected chi connectivity index (χ0v) is 16.6. The Morgan fingerprint density at radius 3 is 2.38 bits per heavy atom. The van der Waals surface area contributed by atoms with Gasteiger partial charge in [0, 0.05) is 24.1 Å². The van der Waals surface area contributed by atoms with E-state index in [1.54, 1.807) is 6.07 Å². The van der Waals surface area contributed by atoms with Gasteiger partial charge in [-0.25, -0.2) is 4.79 Å². The second kappa shape index (κ2) is 8.94. The third kappa shape index (κ3) is 5.66. The van der Waals surface area contributed by atoms with Gasteiger partial charge in [0.2, 0.25) is 0 Å². The molecule has 144 valence electrons. The van der Waals surface area contributed by atoms with Crippen molar-refractivity contribution in [3.05, 3.63) is 23.9 Å².